The standard InChI is InChI=1S/C20H22O4.C20H22O3.C19H16N2O4.C18H14N2O5.C18H18O4/c1-3-4-7-15-11-10-14(13-19(15)24-2)12-18(21)16-8-5-6-9-17(16)20(22)23;1-4-20(2,3)15-11-9-14(10-12-15)13-18(21)16-7-5-6-8-17(16)19(22)23;1-12(22)6-7-13-8-9-15(10-14(13)11-20)21-18(23)16-4-2-3-5-17(16)19(24)25;1-11(21)10-25-16-7-6-13(8-12(16)9-19)20-17(22)14-4-2-3-5-15(14)18(23)24;1-22-11-10-13-6-8-14(9-7-13)12-17(19)15-4-2-3-5-16(15)18(20)21/h5-6,8-11,13H,3-4,7,12H2,1-2H3,(H,22,23);5-12H,4,13H2,1-3H3,(H,22,23);2-5,8-10H,6-7H2,1H3,(H,21,23)(H,24,25);2-8H,10H2,1H3,(H,20,22)(H,23,24);2-9H,10-12H2,1H3,(H,20,21). The number of ether oxygens (including phenoxy) is 3. The summed E-state index contributed by atoms with van der Waals surface area (Å²) in [5.74, 6) is -6.57. The maximum absolute atomic E-state index is 12.5. The fraction of sp³-hybridized carbons (Fsp3) is 0.221. The van der Waals surface area contributed by atoms with Crippen LogP contribution in [0.4, 0.5) is 11.4 Å². The van der Waals surface area contributed by atoms with Crippen molar-refractivity contribution in [2.75, 3.05) is 38.1 Å². The maximum Gasteiger partial charge on any atom is 0.336 e. The summed E-state index contributed by atoms with van der Waals surface area (Å²) < 4.78 is 15.7. The lowest BCUT2D eigenvalue weighted by Crippen LogP contribution is -2.16. The highest BCUT2D eigenvalue weighted by molar-refractivity contribution is 6.12. The minimum atomic E-state index is -1.21. The Hall–Kier alpha value is -14.6. The molecule has 2 amide bonds. The number of hydrogen-bond donors (Lipinski definition) is 7. The third-order valence-corrected chi connectivity index (χ3v) is 18.7. The molecule has 0 unspecified atom stereocenters. The van der Waals surface area contributed by atoms with Gasteiger partial charge in [-0.1, -0.05) is 180 Å². The average molecular weight is 1610 g/mol. The number of unbranched alkanes of at least 4 members (excludes halogenated alkanes) is 1. The second-order valence-corrected chi connectivity index (χ2v) is 27.7. The van der Waals surface area contributed by atoms with Gasteiger partial charge in [-0.05, 0) is 169 Å². The first-order valence-electron chi connectivity index (χ1n) is 37.7. The normalized spacial score (nSPS) is 10.3. The molecule has 0 atom stereocenters. The van der Waals surface area contributed by atoms with Crippen LogP contribution in [0.15, 0.2) is 224 Å². The number of carboxylic acids is 5. The largest absolute Gasteiger partial charge is 0.496 e. The Morgan fingerprint density at radius 2 is 0.765 bits per heavy atom. The van der Waals surface area contributed by atoms with Gasteiger partial charge in [-0.2, -0.15) is 10.5 Å². The fourth-order valence-corrected chi connectivity index (χ4v) is 11.8. The molecule has 119 heavy (non-hydrogen) atoms. The Labute approximate surface area is 689 Å². The maximum atomic E-state index is 12.5. The van der Waals surface area contributed by atoms with Gasteiger partial charge in [0.05, 0.1) is 69.9 Å². The molecule has 10 rings (SSSR count). The number of Topliss-reactive ketones (excluding diaryl/α,β-unsaturated/α-hetero) is 5. The van der Waals surface area contributed by atoms with Gasteiger partial charge in [0.25, 0.3) is 11.8 Å². The molecular formula is C95H92N4O20. The molecule has 24 heteroatoms. The van der Waals surface area contributed by atoms with E-state index in [1.54, 1.807) is 93.1 Å². The summed E-state index contributed by atoms with van der Waals surface area (Å²) in [6, 6.07) is 65.2. The predicted molar refractivity (Wildman–Crippen MR) is 448 cm³/mol. The van der Waals surface area contributed by atoms with Crippen LogP contribution in [0.3, 0.4) is 0 Å². The van der Waals surface area contributed by atoms with Crippen LogP contribution >= 0.6 is 0 Å². The summed E-state index contributed by atoms with van der Waals surface area (Å²) >= 11 is 0. The van der Waals surface area contributed by atoms with E-state index < -0.39 is 41.7 Å². The molecule has 0 aromatic heterocycles. The summed E-state index contributed by atoms with van der Waals surface area (Å²) in [4.78, 5) is 140. The van der Waals surface area contributed by atoms with E-state index in [9.17, 15) is 78.3 Å². The molecule has 0 aliphatic heterocycles. The van der Waals surface area contributed by atoms with Gasteiger partial charge in [0.2, 0.25) is 0 Å². The lowest BCUT2D eigenvalue weighted by atomic mass is 9.82. The topological polar surface area (TPSA) is 405 Å². The first kappa shape index (κ1) is 93.2. The van der Waals surface area contributed by atoms with Gasteiger partial charge in [0.15, 0.2) is 23.1 Å². The number of nitrogens with zero attached hydrogens (tertiary/aromatic N) is 2. The number of ketones is 5. The molecule has 0 spiro atoms. The van der Waals surface area contributed by atoms with Gasteiger partial charge >= 0.3 is 29.8 Å². The van der Waals surface area contributed by atoms with Gasteiger partial charge in [0, 0.05) is 60.9 Å². The van der Waals surface area contributed by atoms with Crippen LogP contribution in [-0.4, -0.2) is 124 Å². The zero-order valence-corrected chi connectivity index (χ0v) is 67.1. The van der Waals surface area contributed by atoms with E-state index in [1.165, 1.54) is 98.3 Å². The Morgan fingerprint density at radius 3 is 1.15 bits per heavy atom. The highest BCUT2D eigenvalue weighted by Gasteiger charge is 2.24. The molecule has 24 nitrogen and oxygen atoms in total. The molecule has 0 bridgehead atoms. The minimum absolute atomic E-state index is 0.00501. The number of carbonyl (C=O) groups excluding carboxylic acids is 7. The van der Waals surface area contributed by atoms with E-state index in [4.69, 9.17) is 29.5 Å². The highest BCUT2D eigenvalue weighted by atomic mass is 16.5. The van der Waals surface area contributed by atoms with Crippen molar-refractivity contribution in [3.8, 4) is 23.6 Å². The number of anilines is 2. The van der Waals surface area contributed by atoms with E-state index in [2.05, 4.69) is 50.5 Å². The third kappa shape index (κ3) is 28.7. The van der Waals surface area contributed by atoms with Crippen molar-refractivity contribution in [2.45, 2.75) is 111 Å². The van der Waals surface area contributed by atoms with Crippen LogP contribution in [-0.2, 0) is 58.3 Å². The molecule has 7 N–H and O–H groups in total. The molecular weight excluding hydrogens is 1520 g/mol. The van der Waals surface area contributed by atoms with Crippen molar-refractivity contribution < 1.29 is 97.3 Å². The highest BCUT2D eigenvalue weighted by Crippen LogP contribution is 2.29. The number of nitriles is 2. The minimum Gasteiger partial charge on any atom is -0.496 e. The number of benzene rings is 10. The average Bonchev–Trinajstić information content (AvgIpc) is 0.842. The van der Waals surface area contributed by atoms with Crippen LogP contribution in [0.1, 0.15) is 221 Å². The van der Waals surface area contributed by atoms with E-state index in [-0.39, 0.29) is 127 Å². The van der Waals surface area contributed by atoms with E-state index in [0.717, 1.165) is 71.2 Å². The number of carbonyl (C=O) groups is 12. The molecule has 0 aliphatic rings. The van der Waals surface area contributed by atoms with Crippen LogP contribution in [0.25, 0.3) is 0 Å². The second-order valence-electron chi connectivity index (χ2n) is 27.7. The number of amides is 2. The zero-order valence-electron chi connectivity index (χ0n) is 67.1. The lowest BCUT2D eigenvalue weighted by molar-refractivity contribution is -0.119. The number of aryl methyl sites for hydroxylation is 2. The van der Waals surface area contributed by atoms with Gasteiger partial charge in [-0.3, -0.25) is 28.8 Å². The summed E-state index contributed by atoms with van der Waals surface area (Å²) in [5.41, 5.74) is 8.82. The van der Waals surface area contributed by atoms with Crippen LogP contribution < -0.4 is 20.1 Å². The van der Waals surface area contributed by atoms with Gasteiger partial charge < -0.3 is 55.2 Å². The number of hydrogen-bond acceptors (Lipinski definition) is 17. The molecule has 0 fully saturated rings. The number of carboxylic acid groups (broad SMARTS) is 5. The smallest absolute Gasteiger partial charge is 0.336 e. The summed E-state index contributed by atoms with van der Waals surface area (Å²) in [7, 11) is 3.28. The molecule has 0 aliphatic carbocycles. The van der Waals surface area contributed by atoms with Crippen molar-refractivity contribution >= 4 is 82.0 Å². The first-order valence-corrected chi connectivity index (χ1v) is 37.7. The second kappa shape index (κ2) is 46.7. The van der Waals surface area contributed by atoms with E-state index in [1.807, 2.05) is 66.7 Å². The Bertz CT molecular complexity index is 5270. The molecule has 612 valence electrons. The molecule has 0 saturated carbocycles. The molecule has 10 aromatic rings. The predicted octanol–water partition coefficient (Wildman–Crippen LogP) is 17.2. The number of rotatable bonds is 33. The number of aromatic carboxylic acids is 5. The zero-order chi connectivity index (χ0) is 87.3. The van der Waals surface area contributed by atoms with E-state index in [0.29, 0.717) is 36.4 Å². The monoisotopic (exact) mass is 1610 g/mol. The lowest BCUT2D eigenvalue weighted by Gasteiger charge is -2.23. The van der Waals surface area contributed by atoms with Crippen LogP contribution in [0.5, 0.6) is 11.5 Å². The first-order chi connectivity index (χ1) is 56.9. The Kier molecular flexibility index (Phi) is 36.6. The Balaban J connectivity index is 0.000000231. The summed E-state index contributed by atoms with van der Waals surface area (Å²) in [6.07, 6.45) is 6.33. The van der Waals surface area contributed by atoms with Crippen molar-refractivity contribution in [2.24, 2.45) is 0 Å². The molecule has 0 radical (unpaired) electrons. The van der Waals surface area contributed by atoms with Gasteiger partial charge in [-0.15, -0.1) is 0 Å². The van der Waals surface area contributed by atoms with Crippen molar-refractivity contribution in [3.05, 3.63) is 330 Å². The Morgan fingerprint density at radius 1 is 0.395 bits per heavy atom. The van der Waals surface area contributed by atoms with Crippen molar-refractivity contribution in [1.82, 2.24) is 0 Å². The fourth-order valence-electron chi connectivity index (χ4n) is 11.8. The number of nitrogens with one attached hydrogen (secondary N) is 2. The number of methoxy groups -OCH3 is 2. The quantitative estimate of drug-likeness (QED) is 0.0188. The summed E-state index contributed by atoms with van der Waals surface area (Å²) in [6.45, 7) is 12.0. The van der Waals surface area contributed by atoms with Crippen LogP contribution in [0, 0.1) is 22.7 Å². The molecule has 0 saturated heterocycles. The van der Waals surface area contributed by atoms with Crippen molar-refractivity contribution in [1.29, 1.82) is 10.5 Å². The molecule has 10 aromatic carbocycles. The third-order valence-electron chi connectivity index (χ3n) is 18.7. The van der Waals surface area contributed by atoms with Gasteiger partial charge in [-0.25, -0.2) is 24.0 Å². The summed E-state index contributed by atoms with van der Waals surface area (Å²) in [5, 5.41) is 69.4. The SMILES string of the molecule is CC(=O)CCc1ccc(NC(=O)c2ccccc2C(=O)O)cc1C#N.CC(=O)COc1ccc(NC(=O)c2ccccc2C(=O)O)cc1C#N.CCC(C)(C)c1ccc(CC(=O)c2ccccc2C(=O)O)cc1.CCCCc1ccc(CC(=O)c2ccccc2C(=O)O)cc1OC.COCCc1ccc(CC(=O)c2ccccc2C(=O)O)cc1. The van der Waals surface area contributed by atoms with Crippen molar-refractivity contribution in [3.63, 3.8) is 0 Å². The van der Waals surface area contributed by atoms with E-state index >= 15 is 0 Å². The van der Waals surface area contributed by atoms with Gasteiger partial charge in [0.1, 0.15) is 30.0 Å². The van der Waals surface area contributed by atoms with Crippen LogP contribution in [0.2, 0.25) is 0 Å². The molecule has 0 heterocycles.